The molecule has 0 unspecified atom stereocenters. The SMILES string of the molecule is CN(C)c1ccc(/C=C2/CCC[C@H]3C2=NN(C(=O)c2ccc(-c4ncc(-c5ccccc5)o4)cc2)[C@@H]3c2ccc(N(C)C)cc2)cc1. The quantitative estimate of drug-likeness (QED) is 0.182. The number of amides is 1. The summed E-state index contributed by atoms with van der Waals surface area (Å²) >= 11 is 0. The molecule has 47 heavy (non-hydrogen) atoms. The van der Waals surface area contributed by atoms with E-state index >= 15 is 0 Å². The second-order valence-electron chi connectivity index (χ2n) is 12.7. The topological polar surface area (TPSA) is 65.2 Å². The van der Waals surface area contributed by atoms with Crippen molar-refractivity contribution in [2.45, 2.75) is 25.3 Å². The van der Waals surface area contributed by atoms with Gasteiger partial charge in [0.25, 0.3) is 5.91 Å². The molecule has 2 heterocycles. The Kier molecular flexibility index (Phi) is 8.21. The predicted molar refractivity (Wildman–Crippen MR) is 191 cm³/mol. The van der Waals surface area contributed by atoms with Gasteiger partial charge in [-0.3, -0.25) is 4.79 Å². The molecule has 1 fully saturated rings. The number of anilines is 2. The summed E-state index contributed by atoms with van der Waals surface area (Å²) in [6.07, 6.45) is 6.95. The maximum atomic E-state index is 14.3. The molecule has 236 valence electrons. The summed E-state index contributed by atoms with van der Waals surface area (Å²) in [4.78, 5) is 23.0. The summed E-state index contributed by atoms with van der Waals surface area (Å²) in [6.45, 7) is 0. The molecule has 1 aliphatic carbocycles. The minimum atomic E-state index is -0.187. The van der Waals surface area contributed by atoms with Crippen LogP contribution in [0.3, 0.4) is 0 Å². The molecule has 0 saturated heterocycles. The number of fused-ring (bicyclic) bond motifs is 1. The third kappa shape index (κ3) is 6.09. The Hall–Kier alpha value is -5.43. The summed E-state index contributed by atoms with van der Waals surface area (Å²) in [5.74, 6) is 1.22. The second kappa shape index (κ2) is 12.8. The van der Waals surface area contributed by atoms with E-state index in [0.29, 0.717) is 17.2 Å². The van der Waals surface area contributed by atoms with E-state index in [2.05, 4.69) is 69.4 Å². The van der Waals surface area contributed by atoms with Crippen LogP contribution in [0.4, 0.5) is 11.4 Å². The Morgan fingerprint density at radius 3 is 2.13 bits per heavy atom. The average molecular weight is 622 g/mol. The number of benzene rings is 4. The fraction of sp³-hybridized carbons (Fsp3) is 0.225. The van der Waals surface area contributed by atoms with Crippen molar-refractivity contribution >= 4 is 29.1 Å². The molecule has 4 aromatic carbocycles. The minimum Gasteiger partial charge on any atom is -0.436 e. The van der Waals surface area contributed by atoms with Gasteiger partial charge in [0.2, 0.25) is 5.89 Å². The first-order valence-electron chi connectivity index (χ1n) is 16.1. The van der Waals surface area contributed by atoms with Crippen molar-refractivity contribution in [3.63, 3.8) is 0 Å². The Morgan fingerprint density at radius 2 is 1.47 bits per heavy atom. The Bertz CT molecular complexity index is 1920. The van der Waals surface area contributed by atoms with Gasteiger partial charge in [0.05, 0.1) is 18.0 Å². The fourth-order valence-electron chi connectivity index (χ4n) is 6.57. The Balaban J connectivity index is 1.21. The van der Waals surface area contributed by atoms with Gasteiger partial charge in [-0.1, -0.05) is 54.6 Å². The van der Waals surface area contributed by atoms with E-state index in [-0.39, 0.29) is 17.9 Å². The third-order valence-electron chi connectivity index (χ3n) is 9.15. The van der Waals surface area contributed by atoms with E-state index < -0.39 is 0 Å². The lowest BCUT2D eigenvalue weighted by atomic mass is 9.77. The molecule has 7 rings (SSSR count). The lowest BCUT2D eigenvalue weighted by molar-refractivity contribution is 0.0681. The van der Waals surface area contributed by atoms with E-state index in [1.165, 1.54) is 5.57 Å². The van der Waals surface area contributed by atoms with Gasteiger partial charge in [-0.2, -0.15) is 5.10 Å². The standard InChI is InChI=1S/C40H39N5O2/c1-43(2)33-21-13-27(14-22-33)25-32-11-8-12-35-37(32)42-45(38(35)29-19-23-34(24-20-29)44(3)4)40(46)31-17-15-30(16-18-31)39-41-26-36(47-39)28-9-6-5-7-10-28/h5-7,9-10,13-26,35,38H,8,11-12H2,1-4H3/b32-25-/t35-,38+/m0/s1. The van der Waals surface area contributed by atoms with E-state index in [4.69, 9.17) is 9.52 Å². The minimum absolute atomic E-state index is 0.118. The van der Waals surface area contributed by atoms with Crippen molar-refractivity contribution in [2.24, 2.45) is 11.0 Å². The first-order chi connectivity index (χ1) is 22.9. The molecule has 1 saturated carbocycles. The largest absolute Gasteiger partial charge is 0.436 e. The first-order valence-corrected chi connectivity index (χ1v) is 16.1. The summed E-state index contributed by atoms with van der Waals surface area (Å²) in [7, 11) is 8.17. The highest BCUT2D eigenvalue weighted by Crippen LogP contribution is 2.45. The van der Waals surface area contributed by atoms with Gasteiger partial charge in [-0.15, -0.1) is 0 Å². The lowest BCUT2D eigenvalue weighted by Gasteiger charge is -2.30. The molecule has 1 amide bonds. The van der Waals surface area contributed by atoms with Crippen molar-refractivity contribution in [1.29, 1.82) is 0 Å². The van der Waals surface area contributed by atoms with Crippen LogP contribution < -0.4 is 9.80 Å². The Labute approximate surface area is 276 Å². The van der Waals surface area contributed by atoms with Crippen LogP contribution in [0.1, 0.15) is 46.8 Å². The summed E-state index contributed by atoms with van der Waals surface area (Å²) in [5, 5.41) is 6.85. The Morgan fingerprint density at radius 1 is 0.809 bits per heavy atom. The highest BCUT2D eigenvalue weighted by molar-refractivity contribution is 6.09. The highest BCUT2D eigenvalue weighted by Gasteiger charge is 2.44. The summed E-state index contributed by atoms with van der Waals surface area (Å²) < 4.78 is 6.06. The smallest absolute Gasteiger partial charge is 0.274 e. The van der Waals surface area contributed by atoms with Gasteiger partial charge in [-0.05, 0) is 90.6 Å². The zero-order valence-electron chi connectivity index (χ0n) is 27.3. The van der Waals surface area contributed by atoms with E-state index in [1.54, 1.807) is 11.2 Å². The number of allylic oxidation sites excluding steroid dienone is 1. The van der Waals surface area contributed by atoms with Crippen LogP contribution >= 0.6 is 0 Å². The van der Waals surface area contributed by atoms with Crippen LogP contribution in [0.5, 0.6) is 0 Å². The zero-order valence-corrected chi connectivity index (χ0v) is 27.3. The highest BCUT2D eigenvalue weighted by atomic mass is 16.4. The second-order valence-corrected chi connectivity index (χ2v) is 12.7. The first kappa shape index (κ1) is 30.2. The number of carbonyl (C=O) groups is 1. The molecule has 0 N–H and O–H groups in total. The molecule has 0 bridgehead atoms. The number of nitrogens with zero attached hydrogens (tertiary/aromatic N) is 5. The van der Waals surface area contributed by atoms with Gasteiger partial charge in [0.1, 0.15) is 0 Å². The normalized spacial score (nSPS) is 18.2. The molecule has 0 spiro atoms. The molecule has 7 heteroatoms. The number of aromatic nitrogens is 1. The third-order valence-corrected chi connectivity index (χ3v) is 9.15. The van der Waals surface area contributed by atoms with Crippen LogP contribution in [0, 0.1) is 5.92 Å². The maximum Gasteiger partial charge on any atom is 0.274 e. The molecule has 0 radical (unpaired) electrons. The van der Waals surface area contributed by atoms with Crippen LogP contribution in [-0.2, 0) is 0 Å². The van der Waals surface area contributed by atoms with Crippen LogP contribution in [0.15, 0.2) is 124 Å². The fourth-order valence-corrected chi connectivity index (χ4v) is 6.57. The van der Waals surface area contributed by atoms with Gasteiger partial charge >= 0.3 is 0 Å². The van der Waals surface area contributed by atoms with Crippen LogP contribution in [0.2, 0.25) is 0 Å². The number of oxazole rings is 1. The van der Waals surface area contributed by atoms with E-state index in [0.717, 1.165) is 58.6 Å². The van der Waals surface area contributed by atoms with Crippen molar-refractivity contribution in [2.75, 3.05) is 38.0 Å². The van der Waals surface area contributed by atoms with Crippen molar-refractivity contribution < 1.29 is 9.21 Å². The van der Waals surface area contributed by atoms with E-state index in [9.17, 15) is 4.79 Å². The van der Waals surface area contributed by atoms with E-state index in [1.807, 2.05) is 82.8 Å². The molecule has 5 aromatic rings. The maximum absolute atomic E-state index is 14.3. The molecule has 7 nitrogen and oxygen atoms in total. The molecular formula is C40H39N5O2. The predicted octanol–water partition coefficient (Wildman–Crippen LogP) is 8.58. The molecular weight excluding hydrogens is 582 g/mol. The van der Waals surface area contributed by atoms with Crippen LogP contribution in [0.25, 0.3) is 28.9 Å². The van der Waals surface area contributed by atoms with Crippen molar-refractivity contribution in [3.05, 3.63) is 132 Å². The summed E-state index contributed by atoms with van der Waals surface area (Å²) in [6, 6.07) is 34.3. The monoisotopic (exact) mass is 621 g/mol. The molecule has 2 aliphatic rings. The van der Waals surface area contributed by atoms with Crippen molar-refractivity contribution in [3.8, 4) is 22.8 Å². The number of hydrazone groups is 1. The number of rotatable bonds is 7. The lowest BCUT2D eigenvalue weighted by Crippen LogP contribution is -2.32. The van der Waals surface area contributed by atoms with Gasteiger partial charge in [0, 0.05) is 62.2 Å². The van der Waals surface area contributed by atoms with Crippen LogP contribution in [-0.4, -0.2) is 49.8 Å². The zero-order chi connectivity index (χ0) is 32.5. The average Bonchev–Trinajstić information content (AvgIpc) is 3.75. The number of hydrogen-bond donors (Lipinski definition) is 0. The van der Waals surface area contributed by atoms with Crippen molar-refractivity contribution in [1.82, 2.24) is 9.99 Å². The van der Waals surface area contributed by atoms with Gasteiger partial charge < -0.3 is 14.2 Å². The summed E-state index contributed by atoms with van der Waals surface area (Å²) in [5.41, 5.74) is 9.10. The van der Waals surface area contributed by atoms with Gasteiger partial charge in [-0.25, -0.2) is 9.99 Å². The molecule has 1 aliphatic heterocycles. The molecule has 1 aromatic heterocycles. The van der Waals surface area contributed by atoms with Gasteiger partial charge in [0.15, 0.2) is 5.76 Å². The number of carbonyl (C=O) groups excluding carboxylic acids is 1. The number of hydrogen-bond acceptors (Lipinski definition) is 6. The molecule has 2 atom stereocenters.